The van der Waals surface area contributed by atoms with Crippen LogP contribution in [0.5, 0.6) is 5.75 Å². The minimum atomic E-state index is -2.91. The predicted octanol–water partition coefficient (Wildman–Crippen LogP) is 5.80. The highest BCUT2D eigenvalue weighted by Gasteiger charge is 2.31. The summed E-state index contributed by atoms with van der Waals surface area (Å²) in [5.41, 5.74) is 1.23. The molecule has 0 saturated heterocycles. The molecule has 6 nitrogen and oxygen atoms in total. The number of carbonyl (C=O) groups excluding carboxylic acids is 1. The summed E-state index contributed by atoms with van der Waals surface area (Å²) in [5.74, 6) is -0.600. The summed E-state index contributed by atoms with van der Waals surface area (Å²) in [6, 6.07) is 8.81. The molecule has 1 aromatic heterocycles. The molecule has 0 saturated carbocycles. The summed E-state index contributed by atoms with van der Waals surface area (Å²) in [5, 5.41) is 6.74. The smallest absolute Gasteiger partial charge is 0.266 e. The minimum Gasteiger partial charge on any atom is -0.496 e. The van der Waals surface area contributed by atoms with Crippen molar-refractivity contribution in [3.63, 3.8) is 0 Å². The zero-order chi connectivity index (χ0) is 25.9. The van der Waals surface area contributed by atoms with Crippen molar-refractivity contribution in [2.75, 3.05) is 26.1 Å². The molecule has 2 atom stereocenters. The van der Waals surface area contributed by atoms with Gasteiger partial charge in [0.1, 0.15) is 17.2 Å². The van der Waals surface area contributed by atoms with Crippen LogP contribution in [0.15, 0.2) is 36.4 Å². The van der Waals surface area contributed by atoms with Crippen molar-refractivity contribution in [1.29, 1.82) is 0 Å². The zero-order valence-electron chi connectivity index (χ0n) is 20.6. The van der Waals surface area contributed by atoms with Crippen LogP contribution in [-0.2, 0) is 15.1 Å². The number of rotatable bonds is 9. The van der Waals surface area contributed by atoms with E-state index in [1.54, 1.807) is 20.1 Å². The van der Waals surface area contributed by atoms with Crippen LogP contribution < -0.4 is 15.4 Å². The number of anilines is 1. The number of nitrogens with zero attached hydrogens (tertiary/aromatic N) is 1. The van der Waals surface area contributed by atoms with E-state index in [9.17, 15) is 18.0 Å². The first-order chi connectivity index (χ1) is 16.5. The first-order valence-corrected chi connectivity index (χ1v) is 11.1. The fourth-order valence-corrected chi connectivity index (χ4v) is 4.04. The maximum atomic E-state index is 14.8. The Morgan fingerprint density at radius 2 is 1.86 bits per heavy atom. The van der Waals surface area contributed by atoms with Gasteiger partial charge in [-0.1, -0.05) is 18.2 Å². The molecule has 1 unspecified atom stereocenters. The van der Waals surface area contributed by atoms with E-state index in [-0.39, 0.29) is 18.0 Å². The van der Waals surface area contributed by atoms with Gasteiger partial charge in [-0.15, -0.1) is 0 Å². The number of amides is 1. The normalized spacial score (nSPS) is 14.0. The van der Waals surface area contributed by atoms with Gasteiger partial charge in [0, 0.05) is 48.0 Å². The fraction of sp³-hybridized carbons (Fsp3) is 0.385. The molecule has 3 aromatic rings. The monoisotopic (exact) mass is 489 g/mol. The Morgan fingerprint density at radius 1 is 1.17 bits per heavy atom. The number of hydrogen-bond donors (Lipinski definition) is 2. The van der Waals surface area contributed by atoms with Crippen molar-refractivity contribution < 1.29 is 27.4 Å². The Hall–Kier alpha value is -3.33. The Kier molecular flexibility index (Phi) is 7.90. The molecule has 35 heavy (non-hydrogen) atoms. The second kappa shape index (κ2) is 10.5. The summed E-state index contributed by atoms with van der Waals surface area (Å²) in [6.45, 7) is 6.98. The highest BCUT2D eigenvalue weighted by Crippen LogP contribution is 2.38. The third kappa shape index (κ3) is 5.51. The van der Waals surface area contributed by atoms with Gasteiger partial charge in [-0.3, -0.25) is 9.78 Å². The van der Waals surface area contributed by atoms with Gasteiger partial charge < -0.3 is 20.1 Å². The molecule has 0 spiro atoms. The second-order valence-corrected chi connectivity index (χ2v) is 8.64. The number of nitrogens with one attached hydrogen (secondary N) is 2. The molecule has 0 fully saturated rings. The van der Waals surface area contributed by atoms with Crippen molar-refractivity contribution in [2.24, 2.45) is 0 Å². The number of ether oxygens (including phenoxy) is 2. The van der Waals surface area contributed by atoms with Crippen molar-refractivity contribution in [3.05, 3.63) is 64.6 Å². The quantitative estimate of drug-likeness (QED) is 0.398. The van der Waals surface area contributed by atoms with E-state index in [0.717, 1.165) is 6.07 Å². The fourth-order valence-electron chi connectivity index (χ4n) is 4.04. The van der Waals surface area contributed by atoms with Crippen molar-refractivity contribution >= 4 is 22.5 Å². The zero-order valence-corrected chi connectivity index (χ0v) is 20.6. The molecule has 1 heterocycles. The lowest BCUT2D eigenvalue weighted by Gasteiger charge is -2.31. The number of fused-ring (bicyclic) bond motifs is 1. The molecule has 0 aliphatic carbocycles. The summed E-state index contributed by atoms with van der Waals surface area (Å²) >= 11 is 0. The number of pyridine rings is 1. The van der Waals surface area contributed by atoms with Crippen molar-refractivity contribution in [2.45, 2.75) is 45.8 Å². The molecule has 188 valence electrons. The van der Waals surface area contributed by atoms with Crippen molar-refractivity contribution in [3.8, 4) is 5.75 Å². The first kappa shape index (κ1) is 26.3. The number of alkyl halides is 2. The third-order valence-electron chi connectivity index (χ3n) is 6.09. The Labute approximate surface area is 202 Å². The lowest BCUT2D eigenvalue weighted by molar-refractivity contribution is -0.120. The van der Waals surface area contributed by atoms with Gasteiger partial charge in [-0.2, -0.15) is 0 Å². The van der Waals surface area contributed by atoms with Gasteiger partial charge in [0.05, 0.1) is 30.8 Å². The Balaban J connectivity index is 2.12. The molecule has 2 N–H and O–H groups in total. The van der Waals surface area contributed by atoms with Crippen molar-refractivity contribution in [1.82, 2.24) is 10.3 Å². The molecule has 9 heteroatoms. The van der Waals surface area contributed by atoms with Gasteiger partial charge in [-0.05, 0) is 32.9 Å². The van der Waals surface area contributed by atoms with Gasteiger partial charge in [0.15, 0.2) is 0 Å². The maximum Gasteiger partial charge on any atom is 0.266 e. The lowest BCUT2D eigenvalue weighted by Crippen LogP contribution is -2.39. The average molecular weight is 490 g/mol. The Bertz CT molecular complexity index is 1240. The van der Waals surface area contributed by atoms with E-state index in [1.165, 1.54) is 26.2 Å². The summed E-state index contributed by atoms with van der Waals surface area (Å²) in [4.78, 5) is 16.1. The first-order valence-electron chi connectivity index (χ1n) is 11.1. The molecule has 1 amide bonds. The van der Waals surface area contributed by atoms with E-state index in [1.807, 2.05) is 26.0 Å². The topological polar surface area (TPSA) is 72.5 Å². The van der Waals surface area contributed by atoms with Crippen LogP contribution in [0.25, 0.3) is 10.9 Å². The average Bonchev–Trinajstić information content (AvgIpc) is 2.81. The number of hydrogen-bond acceptors (Lipinski definition) is 5. The largest absolute Gasteiger partial charge is 0.496 e. The van der Waals surface area contributed by atoms with Crippen LogP contribution in [0.4, 0.5) is 18.9 Å². The maximum absolute atomic E-state index is 14.8. The van der Waals surface area contributed by atoms with Gasteiger partial charge >= 0.3 is 0 Å². The summed E-state index contributed by atoms with van der Waals surface area (Å²) in [7, 11) is 3.08. The van der Waals surface area contributed by atoms with Crippen LogP contribution in [0, 0.1) is 12.7 Å². The molecule has 0 radical (unpaired) electrons. The van der Waals surface area contributed by atoms with Gasteiger partial charge in [0.25, 0.3) is 6.43 Å². The predicted molar refractivity (Wildman–Crippen MR) is 129 cm³/mol. The summed E-state index contributed by atoms with van der Waals surface area (Å²) in [6.07, 6.45) is -2.91. The van der Waals surface area contributed by atoms with Gasteiger partial charge in [-0.25, -0.2) is 13.2 Å². The second-order valence-electron chi connectivity index (χ2n) is 8.64. The van der Waals surface area contributed by atoms with Crippen LogP contribution in [0.1, 0.15) is 55.6 Å². The number of aromatic nitrogens is 1. The molecular weight excluding hydrogens is 459 g/mol. The third-order valence-corrected chi connectivity index (χ3v) is 6.09. The Morgan fingerprint density at radius 3 is 2.46 bits per heavy atom. The molecule has 0 bridgehead atoms. The van der Waals surface area contributed by atoms with E-state index < -0.39 is 29.4 Å². The van der Waals surface area contributed by atoms with Crippen LogP contribution in [0.3, 0.4) is 0 Å². The molecule has 0 aliphatic heterocycles. The van der Waals surface area contributed by atoms with Crippen LogP contribution >= 0.6 is 0 Å². The number of carbonyl (C=O) groups is 1. The van der Waals surface area contributed by atoms with Crippen LogP contribution in [-0.4, -0.2) is 31.7 Å². The lowest BCUT2D eigenvalue weighted by atomic mass is 9.92. The number of benzene rings is 2. The van der Waals surface area contributed by atoms with E-state index in [4.69, 9.17) is 9.47 Å². The molecule has 0 aliphatic rings. The summed E-state index contributed by atoms with van der Waals surface area (Å²) < 4.78 is 52.6. The minimum absolute atomic E-state index is 0.131. The molecule has 3 rings (SSSR count). The number of aryl methyl sites for hydroxylation is 1. The highest BCUT2D eigenvalue weighted by molar-refractivity contribution is 5.93. The van der Waals surface area contributed by atoms with E-state index in [2.05, 4.69) is 15.6 Å². The molecular formula is C26H30F3N3O3. The van der Waals surface area contributed by atoms with Crippen LogP contribution in [0.2, 0.25) is 0 Å². The standard InChI is InChI=1S/C26H30F3N3O3/c1-14-10-21(32-15(2)17-8-7-9-18(24(17)27)25(28)29)19-11-20(23(34-5)12-22(19)31-14)26(4,35-6)13-30-16(3)33/h7-12,15,25H,13H2,1-6H3,(H,30,33)(H,31,32)/t15?,26-/m0/s1. The highest BCUT2D eigenvalue weighted by atomic mass is 19.3. The molecule has 2 aromatic carbocycles. The number of halogens is 3. The van der Waals surface area contributed by atoms with E-state index >= 15 is 0 Å². The number of methoxy groups -OCH3 is 2. The van der Waals surface area contributed by atoms with E-state index in [0.29, 0.717) is 33.6 Å². The SMILES string of the molecule is COc1cc2nc(C)cc(NC(C)c3cccc(C(F)F)c3F)c2cc1[C@](C)(CNC(C)=O)OC. The van der Waals surface area contributed by atoms with Gasteiger partial charge in [0.2, 0.25) is 5.91 Å².